The number of benzene rings is 1. The van der Waals surface area contributed by atoms with Crippen molar-refractivity contribution in [3.8, 4) is 17.0 Å². The number of aromatic hydroxyl groups is 1. The molecule has 0 spiro atoms. The number of aromatic nitrogens is 5. The highest BCUT2D eigenvalue weighted by Gasteiger charge is 2.34. The maximum atomic E-state index is 13.8. The second kappa shape index (κ2) is 9.02. The zero-order chi connectivity index (χ0) is 25.8. The number of halogens is 2. The number of nitrogens with zero attached hydrogens (tertiary/aromatic N) is 4. The average molecular weight is 507 g/mol. The van der Waals surface area contributed by atoms with Crippen LogP contribution in [-0.2, 0) is 6.42 Å². The van der Waals surface area contributed by atoms with Gasteiger partial charge in [-0.1, -0.05) is 6.07 Å². The predicted molar refractivity (Wildman–Crippen MR) is 135 cm³/mol. The molecule has 2 atom stereocenters. The maximum absolute atomic E-state index is 13.8. The van der Waals surface area contributed by atoms with Crippen LogP contribution in [0.15, 0.2) is 35.3 Å². The van der Waals surface area contributed by atoms with Gasteiger partial charge in [-0.2, -0.15) is 5.10 Å². The lowest BCUT2D eigenvalue weighted by atomic mass is 9.95. The average Bonchev–Trinajstić information content (AvgIpc) is 3.61. The molecule has 1 saturated heterocycles. The van der Waals surface area contributed by atoms with Gasteiger partial charge in [0, 0.05) is 42.2 Å². The van der Waals surface area contributed by atoms with Gasteiger partial charge in [0.1, 0.15) is 17.0 Å². The monoisotopic (exact) mass is 506 g/mol. The van der Waals surface area contributed by atoms with Crippen LogP contribution in [0.2, 0.25) is 0 Å². The second-order valence-corrected chi connectivity index (χ2v) is 10.4. The molecule has 2 fully saturated rings. The summed E-state index contributed by atoms with van der Waals surface area (Å²) < 4.78 is 29.4. The molecular weight excluding hydrogens is 478 g/mol. The number of H-pyrrole nitrogens is 1. The SMILES string of the molecule is CC1CC(n2nc(C3CC3)c3c(=O)[nH]c(Cc4ccc(-c5cc(F)cc(F)c5O)nc4)nc32)CC(C)N1. The van der Waals surface area contributed by atoms with Gasteiger partial charge in [-0.3, -0.25) is 9.78 Å². The summed E-state index contributed by atoms with van der Waals surface area (Å²) >= 11 is 0. The van der Waals surface area contributed by atoms with Crippen molar-refractivity contribution in [1.82, 2.24) is 30.0 Å². The van der Waals surface area contributed by atoms with Gasteiger partial charge in [0.25, 0.3) is 5.56 Å². The Hall–Kier alpha value is -3.66. The van der Waals surface area contributed by atoms with Crippen molar-refractivity contribution in [3.63, 3.8) is 0 Å². The molecule has 0 radical (unpaired) electrons. The largest absolute Gasteiger partial charge is 0.504 e. The minimum absolute atomic E-state index is 0.0288. The fourth-order valence-electron chi connectivity index (χ4n) is 5.47. The molecule has 1 saturated carbocycles. The highest BCUT2D eigenvalue weighted by molar-refractivity contribution is 5.78. The van der Waals surface area contributed by atoms with Crippen LogP contribution >= 0.6 is 0 Å². The molecule has 2 unspecified atom stereocenters. The summed E-state index contributed by atoms with van der Waals surface area (Å²) in [7, 11) is 0. The first kappa shape index (κ1) is 23.7. The second-order valence-electron chi connectivity index (χ2n) is 10.4. The molecular formula is C27H28F2N6O2. The van der Waals surface area contributed by atoms with E-state index in [0.29, 0.717) is 47.3 Å². The van der Waals surface area contributed by atoms with Crippen LogP contribution in [0.4, 0.5) is 8.78 Å². The standard InChI is InChI=1S/C27H28F2N6O2/c1-13-7-18(8-14(2)31-13)35-26-23(24(34-35)16-4-5-16)27(37)33-22(32-26)9-15-3-6-21(30-12-15)19-10-17(28)11-20(29)25(19)36/h3,6,10-14,16,18,31,36H,4-5,7-9H2,1-2H3,(H,32,33,37). The predicted octanol–water partition coefficient (Wildman–Crippen LogP) is 4.34. The number of hydrogen-bond donors (Lipinski definition) is 3. The Morgan fingerprint density at radius 2 is 1.89 bits per heavy atom. The number of fused-ring (bicyclic) bond motifs is 1. The molecule has 1 aliphatic carbocycles. The van der Waals surface area contributed by atoms with Crippen molar-refractivity contribution < 1.29 is 13.9 Å². The molecule has 4 heterocycles. The Bertz CT molecular complexity index is 1530. The quantitative estimate of drug-likeness (QED) is 0.372. The smallest absolute Gasteiger partial charge is 0.262 e. The number of phenolic OH excluding ortho intramolecular Hbond substituents is 1. The minimum atomic E-state index is -1.05. The van der Waals surface area contributed by atoms with E-state index in [2.05, 4.69) is 29.1 Å². The van der Waals surface area contributed by atoms with Gasteiger partial charge in [-0.25, -0.2) is 18.4 Å². The van der Waals surface area contributed by atoms with Crippen molar-refractivity contribution in [2.45, 2.75) is 70.0 Å². The number of phenols is 1. The van der Waals surface area contributed by atoms with Crippen LogP contribution < -0.4 is 10.9 Å². The van der Waals surface area contributed by atoms with Crippen LogP contribution in [0.1, 0.15) is 68.6 Å². The molecule has 4 aromatic rings. The zero-order valence-corrected chi connectivity index (χ0v) is 20.6. The van der Waals surface area contributed by atoms with Crippen molar-refractivity contribution >= 4 is 11.0 Å². The first-order valence-electron chi connectivity index (χ1n) is 12.7. The van der Waals surface area contributed by atoms with E-state index in [0.717, 1.165) is 43.0 Å². The summed E-state index contributed by atoms with van der Waals surface area (Å²) in [5.74, 6) is -1.69. The number of aromatic amines is 1. The van der Waals surface area contributed by atoms with E-state index < -0.39 is 17.4 Å². The molecule has 192 valence electrons. The normalized spacial score (nSPS) is 22.0. The zero-order valence-electron chi connectivity index (χ0n) is 20.6. The van der Waals surface area contributed by atoms with Crippen molar-refractivity contribution in [3.05, 3.63) is 69.5 Å². The van der Waals surface area contributed by atoms with Gasteiger partial charge < -0.3 is 15.4 Å². The van der Waals surface area contributed by atoms with E-state index in [4.69, 9.17) is 10.1 Å². The lowest BCUT2D eigenvalue weighted by Gasteiger charge is -2.33. The van der Waals surface area contributed by atoms with E-state index in [1.165, 1.54) is 0 Å². The number of piperidine rings is 1. The van der Waals surface area contributed by atoms with E-state index in [9.17, 15) is 18.7 Å². The number of hydrogen-bond acceptors (Lipinski definition) is 6. The van der Waals surface area contributed by atoms with Crippen LogP contribution in [-0.4, -0.2) is 41.9 Å². The van der Waals surface area contributed by atoms with E-state index in [1.54, 1.807) is 18.3 Å². The summed E-state index contributed by atoms with van der Waals surface area (Å²) in [5.41, 5.74) is 2.24. The summed E-state index contributed by atoms with van der Waals surface area (Å²) in [6.07, 6.45) is 5.75. The summed E-state index contributed by atoms with van der Waals surface area (Å²) in [6, 6.07) is 5.81. The molecule has 6 rings (SSSR count). The Balaban J connectivity index is 1.34. The van der Waals surface area contributed by atoms with Gasteiger partial charge in [0.2, 0.25) is 0 Å². The molecule has 2 aliphatic rings. The number of nitrogens with one attached hydrogen (secondary N) is 2. The van der Waals surface area contributed by atoms with Gasteiger partial charge in [-0.05, 0) is 57.2 Å². The van der Waals surface area contributed by atoms with Gasteiger partial charge >= 0.3 is 0 Å². The number of rotatable bonds is 5. The Labute approximate surface area is 211 Å². The van der Waals surface area contributed by atoms with Gasteiger partial charge in [0.05, 0.1) is 17.4 Å². The Kier molecular flexibility index (Phi) is 5.78. The third kappa shape index (κ3) is 4.50. The van der Waals surface area contributed by atoms with Crippen LogP contribution in [0.3, 0.4) is 0 Å². The highest BCUT2D eigenvalue weighted by Crippen LogP contribution is 2.42. The molecule has 0 amide bonds. The van der Waals surface area contributed by atoms with Gasteiger partial charge in [0.15, 0.2) is 17.2 Å². The third-order valence-electron chi connectivity index (χ3n) is 7.27. The molecule has 3 aromatic heterocycles. The molecule has 0 bridgehead atoms. The topological polar surface area (TPSA) is 109 Å². The minimum Gasteiger partial charge on any atom is -0.504 e. The van der Waals surface area contributed by atoms with Crippen molar-refractivity contribution in [2.75, 3.05) is 0 Å². The molecule has 37 heavy (non-hydrogen) atoms. The molecule has 1 aromatic carbocycles. The maximum Gasteiger partial charge on any atom is 0.262 e. The Morgan fingerprint density at radius 3 is 2.57 bits per heavy atom. The lowest BCUT2D eigenvalue weighted by molar-refractivity contribution is 0.253. The fourth-order valence-corrected chi connectivity index (χ4v) is 5.47. The molecule has 10 heteroatoms. The fraction of sp³-hybridized carbons (Fsp3) is 0.407. The first-order chi connectivity index (χ1) is 17.8. The van der Waals surface area contributed by atoms with E-state index in [-0.39, 0.29) is 22.9 Å². The van der Waals surface area contributed by atoms with Crippen LogP contribution in [0.5, 0.6) is 5.75 Å². The molecule has 3 N–H and O–H groups in total. The summed E-state index contributed by atoms with van der Waals surface area (Å²) in [6.45, 7) is 4.33. The molecule has 1 aliphatic heterocycles. The third-order valence-corrected chi connectivity index (χ3v) is 7.27. The highest BCUT2D eigenvalue weighted by atomic mass is 19.1. The van der Waals surface area contributed by atoms with E-state index >= 15 is 0 Å². The lowest BCUT2D eigenvalue weighted by Crippen LogP contribution is -2.43. The first-order valence-corrected chi connectivity index (χ1v) is 12.7. The van der Waals surface area contributed by atoms with Crippen molar-refractivity contribution in [2.24, 2.45) is 0 Å². The van der Waals surface area contributed by atoms with Gasteiger partial charge in [-0.15, -0.1) is 0 Å². The number of pyridine rings is 1. The van der Waals surface area contributed by atoms with Crippen LogP contribution in [0.25, 0.3) is 22.3 Å². The Morgan fingerprint density at radius 1 is 1.14 bits per heavy atom. The molecule has 8 nitrogen and oxygen atoms in total. The summed E-state index contributed by atoms with van der Waals surface area (Å²) in [5, 5.41) is 19.1. The van der Waals surface area contributed by atoms with Crippen LogP contribution in [0, 0.1) is 11.6 Å². The van der Waals surface area contributed by atoms with E-state index in [1.807, 2.05) is 4.68 Å². The van der Waals surface area contributed by atoms with Crippen molar-refractivity contribution in [1.29, 1.82) is 0 Å². The summed E-state index contributed by atoms with van der Waals surface area (Å²) in [4.78, 5) is 25.3.